The molecule has 0 radical (unpaired) electrons. The number of aliphatic hydroxyl groups excluding tert-OH is 2. The van der Waals surface area contributed by atoms with E-state index in [9.17, 15) is 24.6 Å². The van der Waals surface area contributed by atoms with Gasteiger partial charge in [0.25, 0.3) is 0 Å². The van der Waals surface area contributed by atoms with Crippen molar-refractivity contribution in [2.45, 2.75) is 26.6 Å². The summed E-state index contributed by atoms with van der Waals surface area (Å²) < 4.78 is 10.4. The van der Waals surface area contributed by atoms with Gasteiger partial charge in [0.1, 0.15) is 5.78 Å². The van der Waals surface area contributed by atoms with E-state index in [1.54, 1.807) is 42.5 Å². The van der Waals surface area contributed by atoms with E-state index in [1.165, 1.54) is 39.4 Å². The van der Waals surface area contributed by atoms with Crippen molar-refractivity contribution in [1.29, 1.82) is 0 Å². The molecule has 1 atom stereocenters. The van der Waals surface area contributed by atoms with E-state index < -0.39 is 17.5 Å². The fraction of sp³-hybridized carbons (Fsp3) is 0.269. The molecule has 0 amide bonds. The van der Waals surface area contributed by atoms with E-state index in [0.717, 1.165) is 0 Å². The highest BCUT2D eigenvalue weighted by atomic mass is 16.5. The Balaban J connectivity index is 2.21. The Labute approximate surface area is 193 Å². The van der Waals surface area contributed by atoms with Crippen LogP contribution in [0, 0.1) is 5.92 Å². The zero-order valence-electron chi connectivity index (χ0n) is 18.9. The van der Waals surface area contributed by atoms with E-state index in [2.05, 4.69) is 0 Å². The number of allylic oxidation sites excluding steroid dienone is 2. The third-order valence-corrected chi connectivity index (χ3v) is 5.04. The number of Topliss-reactive ketones (excluding diaryl/α,β-unsaturated/α-hetero) is 1. The fourth-order valence-corrected chi connectivity index (χ4v) is 3.23. The van der Waals surface area contributed by atoms with Crippen LogP contribution >= 0.6 is 0 Å². The summed E-state index contributed by atoms with van der Waals surface area (Å²) in [6.45, 7) is 0.870. The number of ether oxygens (including phenoxy) is 2. The maximum absolute atomic E-state index is 12.8. The Morgan fingerprint density at radius 2 is 1.36 bits per heavy atom. The van der Waals surface area contributed by atoms with Gasteiger partial charge in [0, 0.05) is 6.42 Å². The number of hydrogen-bond acceptors (Lipinski definition) is 7. The third kappa shape index (κ3) is 7.24. The summed E-state index contributed by atoms with van der Waals surface area (Å²) in [4.78, 5) is 37.2. The number of aliphatic hydroxyl groups is 2. The van der Waals surface area contributed by atoms with Crippen LogP contribution in [0.25, 0.3) is 12.2 Å². The molecule has 2 aromatic rings. The number of carbonyl (C=O) groups excluding carboxylic acids is 3. The van der Waals surface area contributed by atoms with Gasteiger partial charge in [-0.15, -0.1) is 0 Å². The van der Waals surface area contributed by atoms with Crippen molar-refractivity contribution in [3.05, 3.63) is 70.8 Å². The quantitative estimate of drug-likeness (QED) is 0.376. The van der Waals surface area contributed by atoms with Gasteiger partial charge < -0.3 is 19.7 Å². The number of hydrogen-bond donors (Lipinski definition) is 2. The van der Waals surface area contributed by atoms with Crippen molar-refractivity contribution < 1.29 is 34.1 Å². The van der Waals surface area contributed by atoms with Crippen LogP contribution < -0.4 is 9.47 Å². The van der Waals surface area contributed by atoms with E-state index in [4.69, 9.17) is 9.47 Å². The van der Waals surface area contributed by atoms with Gasteiger partial charge in [0.05, 0.1) is 33.4 Å². The molecule has 0 bridgehead atoms. The molecule has 7 nitrogen and oxygen atoms in total. The van der Waals surface area contributed by atoms with E-state index in [1.807, 2.05) is 0 Å². The average molecular weight is 453 g/mol. The predicted octanol–water partition coefficient (Wildman–Crippen LogP) is 3.15. The molecule has 2 rings (SSSR count). The van der Waals surface area contributed by atoms with Crippen molar-refractivity contribution in [3.63, 3.8) is 0 Å². The second-order valence-corrected chi connectivity index (χ2v) is 7.39. The molecule has 33 heavy (non-hydrogen) atoms. The highest BCUT2D eigenvalue weighted by Crippen LogP contribution is 2.28. The lowest BCUT2D eigenvalue weighted by atomic mass is 9.92. The van der Waals surface area contributed by atoms with E-state index in [-0.39, 0.29) is 25.4 Å². The number of methoxy groups -OCH3 is 2. The lowest BCUT2D eigenvalue weighted by Crippen LogP contribution is -2.23. The molecule has 0 saturated heterocycles. The lowest BCUT2D eigenvalue weighted by molar-refractivity contribution is -0.131. The SMILES string of the molecule is COc1ccc(/C=C/C(=O)C(CC(C)=O)C(=O)/C=C/c2ccc(CO)c(CO)c2)cc1OC. The highest BCUT2D eigenvalue weighted by molar-refractivity contribution is 6.15. The molecule has 0 aromatic heterocycles. The van der Waals surface area contributed by atoms with Gasteiger partial charge in [-0.1, -0.05) is 30.4 Å². The molecular formula is C26H28O7. The highest BCUT2D eigenvalue weighted by Gasteiger charge is 2.24. The van der Waals surface area contributed by atoms with Gasteiger partial charge in [-0.3, -0.25) is 14.4 Å². The molecule has 1 unspecified atom stereocenters. The first kappa shape index (κ1) is 25.7. The molecular weight excluding hydrogens is 424 g/mol. The summed E-state index contributed by atoms with van der Waals surface area (Å²) in [5, 5.41) is 18.7. The van der Waals surface area contributed by atoms with Gasteiger partial charge in [-0.25, -0.2) is 0 Å². The molecule has 2 N–H and O–H groups in total. The summed E-state index contributed by atoms with van der Waals surface area (Å²) in [6, 6.07) is 10.1. The fourth-order valence-electron chi connectivity index (χ4n) is 3.23. The van der Waals surface area contributed by atoms with Crippen molar-refractivity contribution in [1.82, 2.24) is 0 Å². The smallest absolute Gasteiger partial charge is 0.166 e. The molecule has 0 aliphatic heterocycles. The van der Waals surface area contributed by atoms with Crippen molar-refractivity contribution >= 4 is 29.5 Å². The van der Waals surface area contributed by atoms with Crippen molar-refractivity contribution in [2.75, 3.05) is 14.2 Å². The summed E-state index contributed by atoms with van der Waals surface area (Å²) in [5.74, 6) is -1.34. The van der Waals surface area contributed by atoms with Crippen LogP contribution in [-0.2, 0) is 27.6 Å². The molecule has 2 aromatic carbocycles. The van der Waals surface area contributed by atoms with Crippen LogP contribution in [0.1, 0.15) is 35.6 Å². The number of benzene rings is 2. The Hall–Kier alpha value is -3.55. The number of carbonyl (C=O) groups is 3. The third-order valence-electron chi connectivity index (χ3n) is 5.04. The van der Waals surface area contributed by atoms with E-state index in [0.29, 0.717) is 33.8 Å². The molecule has 0 aliphatic rings. The van der Waals surface area contributed by atoms with Gasteiger partial charge in [0.15, 0.2) is 23.1 Å². The Bertz CT molecular complexity index is 989. The largest absolute Gasteiger partial charge is 0.493 e. The standard InChI is InChI=1S/C26H28O7/c1-17(29)12-22(23(30)9-5-18-4-8-20(15-27)21(13-18)16-28)24(31)10-6-19-7-11-25(32-2)26(14-19)33-3/h4-11,13-14,22,27-28H,12,15-16H2,1-3H3/b9-5+,10-6+. The van der Waals surface area contributed by atoms with Gasteiger partial charge in [-0.05, 0) is 59.5 Å². The Morgan fingerprint density at radius 1 is 0.818 bits per heavy atom. The van der Waals surface area contributed by atoms with Crippen molar-refractivity contribution in [3.8, 4) is 11.5 Å². The second kappa shape index (κ2) is 12.5. The number of rotatable bonds is 12. The normalized spacial score (nSPS) is 12.2. The monoisotopic (exact) mass is 452 g/mol. The summed E-state index contributed by atoms with van der Waals surface area (Å²) in [6.07, 6.45) is 5.39. The first-order valence-electron chi connectivity index (χ1n) is 10.3. The molecule has 0 fully saturated rings. The summed E-state index contributed by atoms with van der Waals surface area (Å²) in [7, 11) is 3.03. The van der Waals surface area contributed by atoms with E-state index >= 15 is 0 Å². The Kier molecular flexibility index (Phi) is 9.72. The molecule has 174 valence electrons. The van der Waals surface area contributed by atoms with Crippen LogP contribution in [0.5, 0.6) is 11.5 Å². The van der Waals surface area contributed by atoms with Crippen LogP contribution in [0.15, 0.2) is 48.6 Å². The van der Waals surface area contributed by atoms with Crippen LogP contribution in [0.2, 0.25) is 0 Å². The minimum Gasteiger partial charge on any atom is -0.493 e. The van der Waals surface area contributed by atoms with Crippen molar-refractivity contribution in [2.24, 2.45) is 5.92 Å². The first-order valence-corrected chi connectivity index (χ1v) is 10.3. The minimum absolute atomic E-state index is 0.205. The lowest BCUT2D eigenvalue weighted by Gasteiger charge is -2.10. The zero-order valence-corrected chi connectivity index (χ0v) is 18.9. The zero-order chi connectivity index (χ0) is 24.4. The topological polar surface area (TPSA) is 110 Å². The average Bonchev–Trinajstić information content (AvgIpc) is 2.83. The van der Waals surface area contributed by atoms with Gasteiger partial charge in [0.2, 0.25) is 0 Å². The molecule has 0 saturated carbocycles. The van der Waals surface area contributed by atoms with Gasteiger partial charge >= 0.3 is 0 Å². The molecule has 7 heteroatoms. The van der Waals surface area contributed by atoms with Crippen LogP contribution in [0.3, 0.4) is 0 Å². The van der Waals surface area contributed by atoms with Gasteiger partial charge in [-0.2, -0.15) is 0 Å². The van der Waals surface area contributed by atoms with Crippen LogP contribution in [-0.4, -0.2) is 41.8 Å². The Morgan fingerprint density at radius 3 is 1.88 bits per heavy atom. The summed E-state index contributed by atoms with van der Waals surface area (Å²) >= 11 is 0. The number of ketones is 3. The molecule has 0 spiro atoms. The predicted molar refractivity (Wildman–Crippen MR) is 125 cm³/mol. The molecule has 0 aliphatic carbocycles. The molecule has 0 heterocycles. The maximum Gasteiger partial charge on any atom is 0.166 e. The maximum atomic E-state index is 12.8. The summed E-state index contributed by atoms with van der Waals surface area (Å²) in [5.41, 5.74) is 2.43. The second-order valence-electron chi connectivity index (χ2n) is 7.39. The first-order chi connectivity index (χ1) is 15.8. The van der Waals surface area contributed by atoms with Crippen LogP contribution in [0.4, 0.5) is 0 Å². The minimum atomic E-state index is -1.14.